The monoisotopic (exact) mass is 410 g/mol. The number of benzene rings is 2. The zero-order valence-corrected chi connectivity index (χ0v) is 15.0. The number of nitrogens with one attached hydrogen (secondary N) is 2. The van der Waals surface area contributed by atoms with Crippen LogP contribution in [0.3, 0.4) is 0 Å². The maximum atomic E-state index is 11.1. The Morgan fingerprint density at radius 2 is 1.90 bits per heavy atom. The highest BCUT2D eigenvalue weighted by atomic mass is 79.9. The first-order chi connectivity index (χ1) is 9.95. The maximum absolute atomic E-state index is 11.1. The molecule has 3 nitrogen and oxygen atoms in total. The maximum Gasteiger partial charge on any atom is 0.221 e. The Kier molecular flexibility index (Phi) is 5.42. The number of hydrogen-bond donors (Lipinski definition) is 2. The molecule has 5 heteroatoms. The molecule has 110 valence electrons. The van der Waals surface area contributed by atoms with E-state index in [0.29, 0.717) is 0 Å². The smallest absolute Gasteiger partial charge is 0.221 e. The largest absolute Gasteiger partial charge is 0.378 e. The quantitative estimate of drug-likeness (QED) is 0.712. The van der Waals surface area contributed by atoms with Crippen LogP contribution in [0.15, 0.2) is 51.4 Å². The van der Waals surface area contributed by atoms with Crippen LogP contribution in [0.5, 0.6) is 0 Å². The standard InChI is InChI=1S/C16H16Br2N2O/c1-10(19-16-9-13(17)6-7-15(16)18)12-4-3-5-14(8-12)20-11(2)21/h3-10,19H,1-2H3,(H,20,21). The Bertz CT molecular complexity index is 658. The van der Waals surface area contributed by atoms with Gasteiger partial charge in [0.05, 0.1) is 5.69 Å². The first-order valence-electron chi connectivity index (χ1n) is 6.55. The molecular formula is C16H16Br2N2O. The second kappa shape index (κ2) is 7.09. The molecule has 0 radical (unpaired) electrons. The van der Waals surface area contributed by atoms with Crippen molar-refractivity contribution in [1.82, 2.24) is 0 Å². The molecule has 0 aromatic heterocycles. The first kappa shape index (κ1) is 16.0. The summed E-state index contributed by atoms with van der Waals surface area (Å²) in [5, 5.41) is 6.26. The molecule has 0 aliphatic heterocycles. The van der Waals surface area contributed by atoms with Gasteiger partial charge in [-0.3, -0.25) is 4.79 Å². The highest BCUT2D eigenvalue weighted by molar-refractivity contribution is 9.11. The first-order valence-corrected chi connectivity index (χ1v) is 8.13. The summed E-state index contributed by atoms with van der Waals surface area (Å²) in [7, 11) is 0. The zero-order valence-electron chi connectivity index (χ0n) is 11.8. The average molecular weight is 412 g/mol. The van der Waals surface area contributed by atoms with Crippen LogP contribution in [-0.4, -0.2) is 5.91 Å². The number of carbonyl (C=O) groups is 1. The molecule has 0 saturated carbocycles. The number of hydrogen-bond acceptors (Lipinski definition) is 2. The van der Waals surface area contributed by atoms with Crippen LogP contribution >= 0.6 is 31.9 Å². The second-order valence-corrected chi connectivity index (χ2v) is 6.57. The Balaban J connectivity index is 2.18. The van der Waals surface area contributed by atoms with Crippen molar-refractivity contribution in [3.8, 4) is 0 Å². The molecule has 2 N–H and O–H groups in total. The fourth-order valence-electron chi connectivity index (χ4n) is 2.01. The summed E-state index contributed by atoms with van der Waals surface area (Å²) < 4.78 is 2.03. The summed E-state index contributed by atoms with van der Waals surface area (Å²) in [5.41, 5.74) is 2.93. The Labute approximate surface area is 141 Å². The van der Waals surface area contributed by atoms with Crippen molar-refractivity contribution < 1.29 is 4.79 Å². The molecule has 2 aromatic carbocycles. The minimum Gasteiger partial charge on any atom is -0.378 e. The molecule has 0 fully saturated rings. The van der Waals surface area contributed by atoms with E-state index in [-0.39, 0.29) is 11.9 Å². The van der Waals surface area contributed by atoms with E-state index in [4.69, 9.17) is 0 Å². The van der Waals surface area contributed by atoms with Gasteiger partial charge in [-0.15, -0.1) is 0 Å². The summed E-state index contributed by atoms with van der Waals surface area (Å²) in [6.07, 6.45) is 0. The molecule has 0 heterocycles. The molecule has 2 rings (SSSR count). The Morgan fingerprint density at radius 3 is 2.62 bits per heavy atom. The molecule has 0 spiro atoms. The number of halogens is 2. The van der Waals surface area contributed by atoms with Crippen molar-refractivity contribution in [3.05, 3.63) is 57.0 Å². The molecule has 0 aliphatic rings. The third-order valence-corrected chi connectivity index (χ3v) is 4.19. The SMILES string of the molecule is CC(=O)Nc1cccc(C(C)Nc2cc(Br)ccc2Br)c1. The molecule has 1 atom stereocenters. The molecule has 0 bridgehead atoms. The van der Waals surface area contributed by atoms with Gasteiger partial charge in [0, 0.05) is 27.6 Å². The molecule has 21 heavy (non-hydrogen) atoms. The van der Waals surface area contributed by atoms with Gasteiger partial charge in [0.1, 0.15) is 0 Å². The van der Waals surface area contributed by atoms with E-state index in [2.05, 4.69) is 49.4 Å². The van der Waals surface area contributed by atoms with Crippen LogP contribution in [0.25, 0.3) is 0 Å². The van der Waals surface area contributed by atoms with Crippen LogP contribution < -0.4 is 10.6 Å². The number of amides is 1. The van der Waals surface area contributed by atoms with Gasteiger partial charge < -0.3 is 10.6 Å². The molecule has 0 saturated heterocycles. The van der Waals surface area contributed by atoms with Gasteiger partial charge >= 0.3 is 0 Å². The lowest BCUT2D eigenvalue weighted by Gasteiger charge is -2.18. The van der Waals surface area contributed by atoms with E-state index in [9.17, 15) is 4.79 Å². The van der Waals surface area contributed by atoms with E-state index < -0.39 is 0 Å². The van der Waals surface area contributed by atoms with E-state index in [0.717, 1.165) is 25.9 Å². The van der Waals surface area contributed by atoms with Crippen molar-refractivity contribution in [2.45, 2.75) is 19.9 Å². The lowest BCUT2D eigenvalue weighted by molar-refractivity contribution is -0.114. The van der Waals surface area contributed by atoms with Crippen molar-refractivity contribution in [1.29, 1.82) is 0 Å². The molecule has 2 aromatic rings. The average Bonchev–Trinajstić information content (AvgIpc) is 2.42. The van der Waals surface area contributed by atoms with Crippen molar-refractivity contribution in [3.63, 3.8) is 0 Å². The van der Waals surface area contributed by atoms with E-state index in [1.54, 1.807) is 0 Å². The van der Waals surface area contributed by atoms with E-state index in [1.165, 1.54) is 6.92 Å². The molecular weight excluding hydrogens is 396 g/mol. The summed E-state index contributed by atoms with van der Waals surface area (Å²) in [6.45, 7) is 3.59. The number of rotatable bonds is 4. The van der Waals surface area contributed by atoms with Crippen LogP contribution in [-0.2, 0) is 4.79 Å². The fraction of sp³-hybridized carbons (Fsp3) is 0.188. The van der Waals surface area contributed by atoms with E-state index in [1.807, 2.05) is 42.5 Å². The van der Waals surface area contributed by atoms with E-state index >= 15 is 0 Å². The lowest BCUT2D eigenvalue weighted by atomic mass is 10.1. The third kappa shape index (κ3) is 4.58. The summed E-state index contributed by atoms with van der Waals surface area (Å²) in [5.74, 6) is -0.0671. The van der Waals surface area contributed by atoms with Gasteiger partial charge in [-0.25, -0.2) is 0 Å². The summed E-state index contributed by atoms with van der Waals surface area (Å²) in [4.78, 5) is 11.1. The third-order valence-electron chi connectivity index (χ3n) is 3.01. The molecule has 1 unspecified atom stereocenters. The van der Waals surface area contributed by atoms with Crippen molar-refractivity contribution in [2.75, 3.05) is 10.6 Å². The minimum atomic E-state index is -0.0671. The highest BCUT2D eigenvalue weighted by Gasteiger charge is 2.09. The van der Waals surface area contributed by atoms with Gasteiger partial charge in [0.25, 0.3) is 0 Å². The van der Waals surface area contributed by atoms with Gasteiger partial charge in [-0.2, -0.15) is 0 Å². The van der Waals surface area contributed by atoms with Crippen LogP contribution in [0.4, 0.5) is 11.4 Å². The summed E-state index contributed by atoms with van der Waals surface area (Å²) in [6, 6.07) is 14.0. The van der Waals surface area contributed by atoms with Crippen molar-refractivity contribution in [2.24, 2.45) is 0 Å². The Morgan fingerprint density at radius 1 is 1.14 bits per heavy atom. The van der Waals surface area contributed by atoms with Gasteiger partial charge in [0.15, 0.2) is 0 Å². The van der Waals surface area contributed by atoms with Crippen molar-refractivity contribution >= 4 is 49.1 Å². The lowest BCUT2D eigenvalue weighted by Crippen LogP contribution is -2.09. The van der Waals surface area contributed by atoms with Crippen LogP contribution in [0.1, 0.15) is 25.5 Å². The molecule has 0 aliphatic carbocycles. The fourth-order valence-corrected chi connectivity index (χ4v) is 2.74. The topological polar surface area (TPSA) is 41.1 Å². The normalized spacial score (nSPS) is 11.8. The van der Waals surface area contributed by atoms with Crippen LogP contribution in [0.2, 0.25) is 0 Å². The minimum absolute atomic E-state index is 0.0671. The predicted octanol–water partition coefficient (Wildman–Crippen LogP) is 5.34. The number of carbonyl (C=O) groups excluding carboxylic acids is 1. The van der Waals surface area contributed by atoms with Crippen LogP contribution in [0, 0.1) is 0 Å². The zero-order chi connectivity index (χ0) is 15.4. The van der Waals surface area contributed by atoms with Gasteiger partial charge in [-0.1, -0.05) is 28.1 Å². The predicted molar refractivity (Wildman–Crippen MR) is 94.6 cm³/mol. The van der Waals surface area contributed by atoms with Gasteiger partial charge in [0.2, 0.25) is 5.91 Å². The number of anilines is 2. The molecule has 1 amide bonds. The Hall–Kier alpha value is -1.33. The van der Waals surface area contributed by atoms with Gasteiger partial charge in [-0.05, 0) is 58.7 Å². The second-order valence-electron chi connectivity index (χ2n) is 4.80. The summed E-state index contributed by atoms with van der Waals surface area (Å²) >= 11 is 7.01. The highest BCUT2D eigenvalue weighted by Crippen LogP contribution is 2.30.